The minimum atomic E-state index is -0.0417. The first-order valence-electron chi connectivity index (χ1n) is 9.08. The Morgan fingerprint density at radius 2 is 1.96 bits per heavy atom. The molecule has 1 saturated heterocycles. The van der Waals surface area contributed by atoms with Gasteiger partial charge in [-0.05, 0) is 32.1 Å². The van der Waals surface area contributed by atoms with E-state index in [1.807, 2.05) is 60.8 Å². The molecule has 27 heavy (non-hydrogen) atoms. The van der Waals surface area contributed by atoms with Crippen molar-refractivity contribution in [3.8, 4) is 0 Å². The van der Waals surface area contributed by atoms with Gasteiger partial charge in [0.1, 0.15) is 5.82 Å². The number of para-hydroxylation sites is 2. The van der Waals surface area contributed by atoms with Gasteiger partial charge >= 0.3 is 0 Å². The van der Waals surface area contributed by atoms with Gasteiger partial charge in [0, 0.05) is 31.4 Å². The lowest BCUT2D eigenvalue weighted by atomic mass is 10.1. The molecular weight excluding hydrogens is 342 g/mol. The minimum absolute atomic E-state index is 0.0417. The van der Waals surface area contributed by atoms with E-state index in [-0.39, 0.29) is 5.91 Å². The molecule has 3 aromatic rings. The quantitative estimate of drug-likeness (QED) is 0.723. The van der Waals surface area contributed by atoms with Crippen LogP contribution < -0.4 is 0 Å². The molecule has 0 unspecified atom stereocenters. The van der Waals surface area contributed by atoms with Crippen LogP contribution in [0.3, 0.4) is 0 Å². The third kappa shape index (κ3) is 3.26. The lowest BCUT2D eigenvalue weighted by Crippen LogP contribution is -2.41. The molecule has 1 fully saturated rings. The van der Waals surface area contributed by atoms with Gasteiger partial charge in [-0.15, -0.1) is 0 Å². The lowest BCUT2D eigenvalue weighted by molar-refractivity contribution is -0.128. The van der Waals surface area contributed by atoms with Crippen molar-refractivity contribution in [3.63, 3.8) is 0 Å². The van der Waals surface area contributed by atoms with E-state index in [9.17, 15) is 4.79 Å². The van der Waals surface area contributed by atoms with Crippen LogP contribution >= 0.6 is 0 Å². The van der Waals surface area contributed by atoms with Crippen molar-refractivity contribution in [2.24, 2.45) is 7.05 Å². The molecule has 7 nitrogen and oxygen atoms in total. The summed E-state index contributed by atoms with van der Waals surface area (Å²) >= 11 is 0. The first-order chi connectivity index (χ1) is 13.0. The SMILES string of the molecule is Cc1nn(C)c(C)c1/C=C(/C(=O)N1CCOCC1)c1nc2ccccc2[nH]1. The van der Waals surface area contributed by atoms with E-state index < -0.39 is 0 Å². The molecule has 1 N–H and O–H groups in total. The Bertz CT molecular complexity index is 991. The topological polar surface area (TPSA) is 76.0 Å². The smallest absolute Gasteiger partial charge is 0.257 e. The van der Waals surface area contributed by atoms with Crippen molar-refractivity contribution in [2.45, 2.75) is 13.8 Å². The predicted molar refractivity (Wildman–Crippen MR) is 104 cm³/mol. The van der Waals surface area contributed by atoms with E-state index >= 15 is 0 Å². The van der Waals surface area contributed by atoms with Crippen LogP contribution in [-0.2, 0) is 16.6 Å². The Hall–Kier alpha value is -2.93. The molecule has 3 heterocycles. The highest BCUT2D eigenvalue weighted by Gasteiger charge is 2.25. The molecular formula is C20H23N5O2. The van der Waals surface area contributed by atoms with Crippen LogP contribution in [0.15, 0.2) is 24.3 Å². The van der Waals surface area contributed by atoms with Crippen molar-refractivity contribution in [2.75, 3.05) is 26.3 Å². The lowest BCUT2D eigenvalue weighted by Gasteiger charge is -2.27. The highest BCUT2D eigenvalue weighted by Crippen LogP contribution is 2.25. The summed E-state index contributed by atoms with van der Waals surface area (Å²) in [5.74, 6) is 0.537. The number of carbonyl (C=O) groups excluding carboxylic acids is 1. The van der Waals surface area contributed by atoms with Crippen LogP contribution in [0.4, 0.5) is 0 Å². The van der Waals surface area contributed by atoms with Crippen LogP contribution in [-0.4, -0.2) is 56.9 Å². The molecule has 1 amide bonds. The maximum atomic E-state index is 13.3. The predicted octanol–water partition coefficient (Wildman–Crippen LogP) is 2.31. The number of rotatable bonds is 3. The average molecular weight is 365 g/mol. The minimum Gasteiger partial charge on any atom is -0.378 e. The zero-order valence-corrected chi connectivity index (χ0v) is 15.8. The number of benzene rings is 1. The molecule has 0 saturated carbocycles. The number of aryl methyl sites for hydroxylation is 2. The summed E-state index contributed by atoms with van der Waals surface area (Å²) in [5.41, 5.74) is 5.15. The average Bonchev–Trinajstić information content (AvgIpc) is 3.21. The maximum absolute atomic E-state index is 13.3. The second-order valence-electron chi connectivity index (χ2n) is 6.77. The van der Waals surface area contributed by atoms with Gasteiger partial charge in [0.15, 0.2) is 0 Å². The number of morpholine rings is 1. The number of ether oxygens (including phenoxy) is 1. The fraction of sp³-hybridized carbons (Fsp3) is 0.350. The molecule has 2 aromatic heterocycles. The van der Waals surface area contributed by atoms with Crippen LogP contribution in [0.2, 0.25) is 0 Å². The van der Waals surface area contributed by atoms with Crippen LogP contribution in [0, 0.1) is 13.8 Å². The molecule has 4 rings (SSSR count). The normalized spacial score (nSPS) is 15.5. The van der Waals surface area contributed by atoms with E-state index in [0.717, 1.165) is 28.0 Å². The number of nitrogens with zero attached hydrogens (tertiary/aromatic N) is 4. The Labute approximate surface area is 157 Å². The van der Waals surface area contributed by atoms with E-state index in [1.54, 1.807) is 0 Å². The molecule has 140 valence electrons. The van der Waals surface area contributed by atoms with Gasteiger partial charge in [-0.25, -0.2) is 4.98 Å². The molecule has 1 aromatic carbocycles. The van der Waals surface area contributed by atoms with Gasteiger partial charge in [-0.3, -0.25) is 9.48 Å². The van der Waals surface area contributed by atoms with Gasteiger partial charge in [-0.2, -0.15) is 5.10 Å². The number of aromatic amines is 1. The van der Waals surface area contributed by atoms with Gasteiger partial charge in [0.2, 0.25) is 0 Å². The number of nitrogens with one attached hydrogen (secondary N) is 1. The first-order valence-corrected chi connectivity index (χ1v) is 9.08. The first kappa shape index (κ1) is 17.5. The van der Waals surface area contributed by atoms with Crippen molar-refractivity contribution >= 4 is 28.6 Å². The van der Waals surface area contributed by atoms with E-state index in [4.69, 9.17) is 4.74 Å². The molecule has 0 radical (unpaired) electrons. The summed E-state index contributed by atoms with van der Waals surface area (Å²) in [4.78, 5) is 23.1. The van der Waals surface area contributed by atoms with Gasteiger partial charge < -0.3 is 14.6 Å². The van der Waals surface area contributed by atoms with E-state index in [0.29, 0.717) is 37.7 Å². The summed E-state index contributed by atoms with van der Waals surface area (Å²) < 4.78 is 7.22. The largest absolute Gasteiger partial charge is 0.378 e. The van der Waals surface area contributed by atoms with Gasteiger partial charge in [-0.1, -0.05) is 12.1 Å². The number of hydrogen-bond donors (Lipinski definition) is 1. The zero-order valence-electron chi connectivity index (χ0n) is 15.8. The number of fused-ring (bicyclic) bond motifs is 1. The van der Waals surface area contributed by atoms with E-state index in [2.05, 4.69) is 15.1 Å². The van der Waals surface area contributed by atoms with Crippen LogP contribution in [0.1, 0.15) is 22.8 Å². The highest BCUT2D eigenvalue weighted by molar-refractivity contribution is 6.23. The summed E-state index contributed by atoms with van der Waals surface area (Å²) in [6.07, 6.45) is 1.91. The number of carbonyl (C=O) groups is 1. The monoisotopic (exact) mass is 365 g/mol. The highest BCUT2D eigenvalue weighted by atomic mass is 16.5. The molecule has 1 aliphatic rings. The Morgan fingerprint density at radius 1 is 1.22 bits per heavy atom. The van der Waals surface area contributed by atoms with Crippen molar-refractivity contribution in [1.82, 2.24) is 24.6 Å². The maximum Gasteiger partial charge on any atom is 0.257 e. The zero-order chi connectivity index (χ0) is 19.0. The molecule has 0 spiro atoms. The number of hydrogen-bond acceptors (Lipinski definition) is 4. The number of amides is 1. The molecule has 7 heteroatoms. The summed E-state index contributed by atoms with van der Waals surface area (Å²) in [7, 11) is 1.91. The second-order valence-corrected chi connectivity index (χ2v) is 6.77. The molecule has 0 bridgehead atoms. The third-order valence-electron chi connectivity index (χ3n) is 5.03. The van der Waals surface area contributed by atoms with E-state index in [1.165, 1.54) is 0 Å². The number of aromatic nitrogens is 4. The summed E-state index contributed by atoms with van der Waals surface area (Å²) in [6.45, 7) is 6.24. The van der Waals surface area contributed by atoms with Crippen molar-refractivity contribution in [1.29, 1.82) is 0 Å². The fourth-order valence-electron chi connectivity index (χ4n) is 3.39. The second kappa shape index (κ2) is 7.00. The molecule has 0 aliphatic carbocycles. The standard InChI is InChI=1S/C20H23N5O2/c1-13-15(14(2)24(3)23-13)12-16(20(26)25-8-10-27-11-9-25)19-21-17-6-4-5-7-18(17)22-19/h4-7,12H,8-11H2,1-3H3,(H,21,22)/b16-12+. The van der Waals surface area contributed by atoms with Crippen molar-refractivity contribution in [3.05, 3.63) is 47.0 Å². The molecule has 1 aliphatic heterocycles. The summed E-state index contributed by atoms with van der Waals surface area (Å²) in [6, 6.07) is 7.79. The summed E-state index contributed by atoms with van der Waals surface area (Å²) in [5, 5.41) is 4.47. The Balaban J connectivity index is 1.83. The van der Waals surface area contributed by atoms with Crippen LogP contribution in [0.25, 0.3) is 22.7 Å². The van der Waals surface area contributed by atoms with Crippen LogP contribution in [0.5, 0.6) is 0 Å². The fourth-order valence-corrected chi connectivity index (χ4v) is 3.39. The number of imidazole rings is 1. The number of H-pyrrole nitrogens is 1. The van der Waals surface area contributed by atoms with Gasteiger partial charge in [0.05, 0.1) is 35.5 Å². The Morgan fingerprint density at radius 3 is 2.63 bits per heavy atom. The molecule has 0 atom stereocenters. The van der Waals surface area contributed by atoms with Gasteiger partial charge in [0.25, 0.3) is 5.91 Å². The van der Waals surface area contributed by atoms with Crippen molar-refractivity contribution < 1.29 is 9.53 Å². The third-order valence-corrected chi connectivity index (χ3v) is 5.03. The Kier molecular flexibility index (Phi) is 4.53.